The van der Waals surface area contributed by atoms with Gasteiger partial charge >= 0.3 is 0 Å². The van der Waals surface area contributed by atoms with Crippen LogP contribution in [0.5, 0.6) is 0 Å². The van der Waals surface area contributed by atoms with Crippen LogP contribution in [-0.4, -0.2) is 11.4 Å². The van der Waals surface area contributed by atoms with Gasteiger partial charge in [0.05, 0.1) is 11.6 Å². The lowest BCUT2D eigenvalue weighted by molar-refractivity contribution is 0.0923. The maximum absolute atomic E-state index is 11.6. The fourth-order valence-corrected chi connectivity index (χ4v) is 1.55. The highest BCUT2D eigenvalue weighted by Gasteiger charge is 2.24. The summed E-state index contributed by atoms with van der Waals surface area (Å²) < 4.78 is 0. The predicted octanol–water partition coefficient (Wildman–Crippen LogP) is 2.17. The molecule has 1 amide bonds. The third kappa shape index (κ3) is 2.33. The Bertz CT molecular complexity index is 353. The summed E-state index contributed by atoms with van der Waals surface area (Å²) >= 11 is 1.47. The minimum Gasteiger partial charge on any atom is -0.334 e. The second-order valence-corrected chi connectivity index (χ2v) is 4.04. The second kappa shape index (κ2) is 4.25. The zero-order chi connectivity index (χ0) is 10.6. The molecule has 74 valence electrons. The molecule has 1 unspecified atom stereocenters. The molecule has 1 heterocycles. The van der Waals surface area contributed by atoms with Crippen molar-refractivity contribution in [1.82, 2.24) is 5.32 Å². The molecule has 0 saturated carbocycles. The molecular weight excluding hydrogens is 196 g/mol. The van der Waals surface area contributed by atoms with E-state index in [1.165, 1.54) is 11.3 Å². The Morgan fingerprint density at radius 3 is 2.93 bits per heavy atom. The van der Waals surface area contributed by atoms with Crippen LogP contribution in [0.3, 0.4) is 0 Å². The molecule has 1 N–H and O–H groups in total. The van der Waals surface area contributed by atoms with Crippen LogP contribution in [-0.2, 0) is 0 Å². The van der Waals surface area contributed by atoms with Gasteiger partial charge in [-0.3, -0.25) is 4.79 Å². The molecule has 1 rings (SSSR count). The average Bonchev–Trinajstić information content (AvgIpc) is 2.70. The molecule has 0 aliphatic rings. The van der Waals surface area contributed by atoms with Gasteiger partial charge in [0.2, 0.25) is 0 Å². The highest BCUT2D eigenvalue weighted by Crippen LogP contribution is 2.11. The average molecular weight is 208 g/mol. The number of nitrogens with zero attached hydrogens (tertiary/aromatic N) is 1. The summed E-state index contributed by atoms with van der Waals surface area (Å²) in [5.41, 5.74) is -0.149. The van der Waals surface area contributed by atoms with E-state index in [4.69, 9.17) is 5.26 Å². The summed E-state index contributed by atoms with van der Waals surface area (Å²) in [6.07, 6.45) is 0.597. The van der Waals surface area contributed by atoms with Gasteiger partial charge in [0, 0.05) is 5.38 Å². The molecule has 0 spiro atoms. The zero-order valence-corrected chi connectivity index (χ0v) is 9.02. The molecule has 3 nitrogen and oxygen atoms in total. The summed E-state index contributed by atoms with van der Waals surface area (Å²) in [7, 11) is 0. The lowest BCUT2D eigenvalue weighted by Gasteiger charge is -2.20. The normalized spacial score (nSPS) is 14.1. The van der Waals surface area contributed by atoms with Crippen molar-refractivity contribution < 1.29 is 4.79 Å². The standard InChI is InChI=1S/C10H12N2OS/c1-3-10(2,7-11)12-9(13)8-4-5-14-6-8/h4-6H,3H2,1-2H3,(H,12,13). The molecule has 14 heavy (non-hydrogen) atoms. The van der Waals surface area contributed by atoms with Gasteiger partial charge in [-0.1, -0.05) is 6.92 Å². The Morgan fingerprint density at radius 1 is 1.79 bits per heavy atom. The molecule has 0 radical (unpaired) electrons. The first-order chi connectivity index (χ1) is 6.61. The van der Waals surface area contributed by atoms with E-state index in [2.05, 4.69) is 11.4 Å². The number of thiophene rings is 1. The SMILES string of the molecule is CCC(C)(C#N)NC(=O)c1ccsc1. The number of nitriles is 1. The van der Waals surface area contributed by atoms with Crippen molar-refractivity contribution in [3.63, 3.8) is 0 Å². The molecule has 0 fully saturated rings. The van der Waals surface area contributed by atoms with E-state index < -0.39 is 5.54 Å². The smallest absolute Gasteiger partial charge is 0.253 e. The van der Waals surface area contributed by atoms with Crippen LogP contribution in [0.25, 0.3) is 0 Å². The molecule has 4 heteroatoms. The highest BCUT2D eigenvalue weighted by atomic mass is 32.1. The Kier molecular flexibility index (Phi) is 3.26. The number of amides is 1. The fourth-order valence-electron chi connectivity index (χ4n) is 0.912. The van der Waals surface area contributed by atoms with E-state index in [0.29, 0.717) is 12.0 Å². The summed E-state index contributed by atoms with van der Waals surface area (Å²) in [4.78, 5) is 11.6. The first kappa shape index (κ1) is 10.7. The van der Waals surface area contributed by atoms with E-state index in [9.17, 15) is 4.79 Å². The zero-order valence-electron chi connectivity index (χ0n) is 8.20. The van der Waals surface area contributed by atoms with Crippen LogP contribution in [0.4, 0.5) is 0 Å². The topological polar surface area (TPSA) is 52.9 Å². The van der Waals surface area contributed by atoms with Gasteiger partial charge in [0.15, 0.2) is 0 Å². The maximum Gasteiger partial charge on any atom is 0.253 e. The van der Waals surface area contributed by atoms with Crippen molar-refractivity contribution in [3.05, 3.63) is 22.4 Å². The number of hydrogen-bond acceptors (Lipinski definition) is 3. The van der Waals surface area contributed by atoms with E-state index in [1.54, 1.807) is 18.4 Å². The van der Waals surface area contributed by atoms with Crippen molar-refractivity contribution in [2.45, 2.75) is 25.8 Å². The number of hydrogen-bond donors (Lipinski definition) is 1. The van der Waals surface area contributed by atoms with Gasteiger partial charge in [-0.2, -0.15) is 16.6 Å². The van der Waals surface area contributed by atoms with E-state index >= 15 is 0 Å². The molecule has 0 aliphatic heterocycles. The molecule has 0 aliphatic carbocycles. The lowest BCUT2D eigenvalue weighted by atomic mass is 10.0. The van der Waals surface area contributed by atoms with Crippen molar-refractivity contribution in [2.75, 3.05) is 0 Å². The van der Waals surface area contributed by atoms with Gasteiger partial charge in [-0.15, -0.1) is 0 Å². The predicted molar refractivity (Wildman–Crippen MR) is 56.1 cm³/mol. The first-order valence-corrected chi connectivity index (χ1v) is 5.31. The molecular formula is C10H12N2OS. The van der Waals surface area contributed by atoms with Gasteiger partial charge in [0.25, 0.3) is 5.91 Å². The van der Waals surface area contributed by atoms with Crippen LogP contribution >= 0.6 is 11.3 Å². The number of carbonyl (C=O) groups excluding carboxylic acids is 1. The van der Waals surface area contributed by atoms with Crippen molar-refractivity contribution >= 4 is 17.2 Å². The summed E-state index contributed by atoms with van der Waals surface area (Å²) in [5, 5.41) is 15.2. The van der Waals surface area contributed by atoms with E-state index in [1.807, 2.05) is 12.3 Å². The Morgan fingerprint density at radius 2 is 2.50 bits per heavy atom. The van der Waals surface area contributed by atoms with Crippen LogP contribution < -0.4 is 5.32 Å². The summed E-state index contributed by atoms with van der Waals surface area (Å²) in [6, 6.07) is 3.84. The number of carbonyl (C=O) groups is 1. The van der Waals surface area contributed by atoms with Crippen LogP contribution in [0.15, 0.2) is 16.8 Å². The number of nitrogens with one attached hydrogen (secondary N) is 1. The van der Waals surface area contributed by atoms with Crippen molar-refractivity contribution in [2.24, 2.45) is 0 Å². The largest absolute Gasteiger partial charge is 0.334 e. The van der Waals surface area contributed by atoms with Crippen LogP contribution in [0, 0.1) is 11.3 Å². The first-order valence-electron chi connectivity index (χ1n) is 4.37. The van der Waals surface area contributed by atoms with Crippen LogP contribution in [0.2, 0.25) is 0 Å². The van der Waals surface area contributed by atoms with Crippen molar-refractivity contribution in [3.8, 4) is 6.07 Å². The minimum absolute atomic E-state index is 0.183. The molecule has 0 bridgehead atoms. The minimum atomic E-state index is -0.765. The molecule has 1 aromatic heterocycles. The molecule has 1 aromatic rings. The summed E-state index contributed by atoms with van der Waals surface area (Å²) in [5.74, 6) is -0.183. The van der Waals surface area contributed by atoms with Crippen molar-refractivity contribution in [1.29, 1.82) is 5.26 Å². The maximum atomic E-state index is 11.6. The van der Waals surface area contributed by atoms with Gasteiger partial charge in [-0.25, -0.2) is 0 Å². The second-order valence-electron chi connectivity index (χ2n) is 3.26. The molecule has 1 atom stereocenters. The van der Waals surface area contributed by atoms with Crippen LogP contribution in [0.1, 0.15) is 30.6 Å². The third-order valence-corrected chi connectivity index (χ3v) is 2.81. The fraction of sp³-hybridized carbons (Fsp3) is 0.400. The van der Waals surface area contributed by atoms with Gasteiger partial charge in [-0.05, 0) is 24.8 Å². The van der Waals surface area contributed by atoms with E-state index in [0.717, 1.165) is 0 Å². The third-order valence-electron chi connectivity index (χ3n) is 2.13. The van der Waals surface area contributed by atoms with Gasteiger partial charge in [0.1, 0.15) is 5.54 Å². The Hall–Kier alpha value is -1.34. The quantitative estimate of drug-likeness (QED) is 0.827. The van der Waals surface area contributed by atoms with E-state index in [-0.39, 0.29) is 5.91 Å². The Balaban J connectivity index is 2.71. The highest BCUT2D eigenvalue weighted by molar-refractivity contribution is 7.08. The summed E-state index contributed by atoms with van der Waals surface area (Å²) in [6.45, 7) is 3.59. The Labute approximate surface area is 87.4 Å². The lowest BCUT2D eigenvalue weighted by Crippen LogP contribution is -2.44. The molecule has 0 saturated heterocycles. The number of rotatable bonds is 3. The van der Waals surface area contributed by atoms with Gasteiger partial charge < -0.3 is 5.32 Å². The molecule has 0 aromatic carbocycles. The monoisotopic (exact) mass is 208 g/mol.